The summed E-state index contributed by atoms with van der Waals surface area (Å²) in [6, 6.07) is 8.52. The molecule has 5 nitrogen and oxygen atoms in total. The molecule has 1 aliphatic heterocycles. The van der Waals surface area contributed by atoms with Gasteiger partial charge in [-0.2, -0.15) is 0 Å². The van der Waals surface area contributed by atoms with Gasteiger partial charge in [0, 0.05) is 32.7 Å². The number of likely N-dealkylation sites (N-methyl/N-ethyl adjacent to an activating group) is 1. The van der Waals surface area contributed by atoms with Crippen LogP contribution in [0.15, 0.2) is 24.3 Å². The predicted molar refractivity (Wildman–Crippen MR) is 103 cm³/mol. The van der Waals surface area contributed by atoms with Gasteiger partial charge < -0.3 is 19.7 Å². The van der Waals surface area contributed by atoms with Gasteiger partial charge in [-0.05, 0) is 50.4 Å². The lowest BCUT2D eigenvalue weighted by Crippen LogP contribution is -2.46. The number of piperidine rings is 1. The Morgan fingerprint density at radius 2 is 2.04 bits per heavy atom. The third-order valence-corrected chi connectivity index (χ3v) is 4.50. The van der Waals surface area contributed by atoms with E-state index in [0.717, 1.165) is 51.1 Å². The Bertz CT molecular complexity index is 496. The maximum absolute atomic E-state index is 12.2. The number of amides is 1. The molecule has 1 unspecified atom stereocenters. The van der Waals surface area contributed by atoms with Crippen molar-refractivity contribution in [3.8, 4) is 5.75 Å². The van der Waals surface area contributed by atoms with Crippen molar-refractivity contribution in [2.24, 2.45) is 0 Å². The van der Waals surface area contributed by atoms with E-state index in [1.807, 2.05) is 24.1 Å². The molecule has 1 atom stereocenters. The molecule has 1 aromatic carbocycles. The molecule has 1 amide bonds. The minimum absolute atomic E-state index is 0. The Morgan fingerprint density at radius 1 is 1.28 bits per heavy atom. The number of carbonyl (C=O) groups is 1. The van der Waals surface area contributed by atoms with Gasteiger partial charge in [-0.1, -0.05) is 12.1 Å². The van der Waals surface area contributed by atoms with Crippen LogP contribution in [0.4, 0.5) is 0 Å². The first-order chi connectivity index (χ1) is 11.7. The lowest BCUT2D eigenvalue weighted by Gasteiger charge is -2.32. The molecule has 0 saturated carbocycles. The van der Waals surface area contributed by atoms with Crippen LogP contribution in [0.1, 0.15) is 31.2 Å². The van der Waals surface area contributed by atoms with Gasteiger partial charge in [-0.3, -0.25) is 4.79 Å². The summed E-state index contributed by atoms with van der Waals surface area (Å²) in [4.78, 5) is 14.2. The van der Waals surface area contributed by atoms with Crippen LogP contribution in [-0.2, 0) is 16.0 Å². The molecule has 0 spiro atoms. The van der Waals surface area contributed by atoms with Crippen molar-refractivity contribution in [2.45, 2.75) is 38.1 Å². The topological polar surface area (TPSA) is 50.8 Å². The molecule has 0 aliphatic carbocycles. The van der Waals surface area contributed by atoms with Crippen LogP contribution in [0.5, 0.6) is 5.75 Å². The highest BCUT2D eigenvalue weighted by molar-refractivity contribution is 5.85. The number of benzene rings is 1. The third-order valence-electron chi connectivity index (χ3n) is 4.50. The predicted octanol–water partition coefficient (Wildman–Crippen LogP) is 2.67. The number of likely N-dealkylation sites (tertiary alicyclic amines) is 1. The molecular weight excluding hydrogens is 340 g/mol. The standard InChI is InChI=1S/C19H30N2O3.ClH/c1-20-17-5-3-12-21(15-17)19(22)6-4-13-24-18-9-7-16(8-10-18)11-14-23-2;/h7-10,17,20H,3-6,11-15H2,1-2H3;1H. The fourth-order valence-electron chi connectivity index (χ4n) is 2.98. The molecule has 0 radical (unpaired) electrons. The second kappa shape index (κ2) is 12.1. The molecule has 25 heavy (non-hydrogen) atoms. The van der Waals surface area contributed by atoms with Crippen LogP contribution in [0.25, 0.3) is 0 Å². The lowest BCUT2D eigenvalue weighted by atomic mass is 10.1. The van der Waals surface area contributed by atoms with Crippen molar-refractivity contribution in [2.75, 3.05) is 40.5 Å². The first kappa shape index (κ1) is 21.7. The number of methoxy groups -OCH3 is 1. The van der Waals surface area contributed by atoms with Crippen molar-refractivity contribution in [3.05, 3.63) is 29.8 Å². The molecule has 142 valence electrons. The summed E-state index contributed by atoms with van der Waals surface area (Å²) in [6.07, 6.45) is 4.47. The number of hydrogen-bond donors (Lipinski definition) is 1. The van der Waals surface area contributed by atoms with Gasteiger partial charge in [0.15, 0.2) is 0 Å². The smallest absolute Gasteiger partial charge is 0.222 e. The average Bonchev–Trinajstić information content (AvgIpc) is 2.64. The minimum atomic E-state index is 0. The highest BCUT2D eigenvalue weighted by Gasteiger charge is 2.21. The van der Waals surface area contributed by atoms with Crippen molar-refractivity contribution < 1.29 is 14.3 Å². The van der Waals surface area contributed by atoms with E-state index in [0.29, 0.717) is 19.1 Å². The third kappa shape index (κ3) is 7.63. The Labute approximate surface area is 157 Å². The number of hydrogen-bond acceptors (Lipinski definition) is 4. The summed E-state index contributed by atoms with van der Waals surface area (Å²) in [5.74, 6) is 1.10. The number of nitrogens with zero attached hydrogens (tertiary/aromatic N) is 1. The van der Waals surface area contributed by atoms with Crippen LogP contribution in [0.3, 0.4) is 0 Å². The molecule has 1 heterocycles. The summed E-state index contributed by atoms with van der Waals surface area (Å²) < 4.78 is 10.8. The summed E-state index contributed by atoms with van der Waals surface area (Å²) in [6.45, 7) is 3.03. The van der Waals surface area contributed by atoms with Crippen molar-refractivity contribution in [1.29, 1.82) is 0 Å². The van der Waals surface area contributed by atoms with Crippen molar-refractivity contribution in [1.82, 2.24) is 10.2 Å². The number of ether oxygens (including phenoxy) is 2. The second-order valence-electron chi connectivity index (χ2n) is 6.31. The molecule has 6 heteroatoms. The van der Waals surface area contributed by atoms with E-state index in [1.54, 1.807) is 7.11 Å². The Morgan fingerprint density at radius 3 is 2.72 bits per heavy atom. The lowest BCUT2D eigenvalue weighted by molar-refractivity contribution is -0.132. The molecule has 1 aromatic rings. The van der Waals surface area contributed by atoms with Crippen molar-refractivity contribution >= 4 is 18.3 Å². The largest absolute Gasteiger partial charge is 0.494 e. The summed E-state index contributed by atoms with van der Waals surface area (Å²) in [7, 11) is 3.68. The molecule has 0 bridgehead atoms. The Kier molecular flexibility index (Phi) is 10.5. The molecule has 1 N–H and O–H groups in total. The molecule has 1 saturated heterocycles. The fraction of sp³-hybridized carbons (Fsp3) is 0.632. The Balaban J connectivity index is 0.00000312. The van der Waals surface area contributed by atoms with Gasteiger partial charge in [0.05, 0.1) is 13.2 Å². The molecular formula is C19H31ClN2O3. The normalized spacial score (nSPS) is 17.0. The van der Waals surface area contributed by atoms with Gasteiger partial charge in [0.2, 0.25) is 5.91 Å². The van der Waals surface area contributed by atoms with Gasteiger partial charge in [-0.15, -0.1) is 12.4 Å². The van der Waals surface area contributed by atoms with Gasteiger partial charge in [0.1, 0.15) is 5.75 Å². The first-order valence-corrected chi connectivity index (χ1v) is 8.88. The number of halogens is 1. The summed E-state index contributed by atoms with van der Waals surface area (Å²) >= 11 is 0. The summed E-state index contributed by atoms with van der Waals surface area (Å²) in [5, 5.41) is 3.27. The highest BCUT2D eigenvalue weighted by Crippen LogP contribution is 2.14. The van der Waals surface area contributed by atoms with Crippen molar-refractivity contribution in [3.63, 3.8) is 0 Å². The van der Waals surface area contributed by atoms with Gasteiger partial charge >= 0.3 is 0 Å². The zero-order valence-electron chi connectivity index (χ0n) is 15.3. The van der Waals surface area contributed by atoms with Gasteiger partial charge in [0.25, 0.3) is 0 Å². The van der Waals surface area contributed by atoms with Crippen LogP contribution in [-0.4, -0.2) is 57.3 Å². The number of rotatable bonds is 9. The van der Waals surface area contributed by atoms with Crippen LogP contribution in [0.2, 0.25) is 0 Å². The monoisotopic (exact) mass is 370 g/mol. The SMILES string of the molecule is CNC1CCCN(C(=O)CCCOc2ccc(CCOC)cc2)C1.Cl. The second-order valence-corrected chi connectivity index (χ2v) is 6.31. The van der Waals surface area contributed by atoms with E-state index in [1.165, 1.54) is 5.56 Å². The van der Waals surface area contributed by atoms with E-state index in [9.17, 15) is 4.79 Å². The molecule has 1 fully saturated rings. The van der Waals surface area contributed by atoms with E-state index < -0.39 is 0 Å². The molecule has 1 aliphatic rings. The van der Waals surface area contributed by atoms with E-state index in [-0.39, 0.29) is 18.3 Å². The number of carbonyl (C=O) groups excluding carboxylic acids is 1. The van der Waals surface area contributed by atoms with Crippen LogP contribution < -0.4 is 10.1 Å². The minimum Gasteiger partial charge on any atom is -0.494 e. The Hall–Kier alpha value is -1.30. The maximum atomic E-state index is 12.2. The zero-order chi connectivity index (χ0) is 17.2. The van der Waals surface area contributed by atoms with Crippen LogP contribution >= 0.6 is 12.4 Å². The van der Waals surface area contributed by atoms with E-state index in [4.69, 9.17) is 9.47 Å². The highest BCUT2D eigenvalue weighted by atomic mass is 35.5. The molecule has 0 aromatic heterocycles. The molecule has 2 rings (SSSR count). The fourth-order valence-corrected chi connectivity index (χ4v) is 2.98. The number of nitrogens with one attached hydrogen (secondary N) is 1. The maximum Gasteiger partial charge on any atom is 0.222 e. The summed E-state index contributed by atoms with van der Waals surface area (Å²) in [5.41, 5.74) is 1.24. The van der Waals surface area contributed by atoms with Gasteiger partial charge in [-0.25, -0.2) is 0 Å². The quantitative estimate of drug-likeness (QED) is 0.679. The van der Waals surface area contributed by atoms with Crippen LogP contribution in [0, 0.1) is 0 Å². The van der Waals surface area contributed by atoms with E-state index in [2.05, 4.69) is 17.4 Å². The zero-order valence-corrected chi connectivity index (χ0v) is 16.1. The average molecular weight is 371 g/mol. The first-order valence-electron chi connectivity index (χ1n) is 8.88. The van der Waals surface area contributed by atoms with E-state index >= 15 is 0 Å².